The SMILES string of the molecule is CCCCCCCCCCCC/C=C/CC/C=C/[C@H](O)[C@@H](COP(=O)(O)OCC[N+](C)(C)C)NC(=O)CCCCCCCCCCCC. The smallest absolute Gasteiger partial charge is 0.387 e. The van der Waals surface area contributed by atoms with Gasteiger partial charge < -0.3 is 19.8 Å². The van der Waals surface area contributed by atoms with Crippen LogP contribution in [0.15, 0.2) is 24.3 Å². The summed E-state index contributed by atoms with van der Waals surface area (Å²) in [5, 5.41) is 13.7. The maximum absolute atomic E-state index is 12.7. The van der Waals surface area contributed by atoms with Gasteiger partial charge in [0, 0.05) is 6.42 Å². The number of nitrogens with zero attached hydrogens (tertiary/aromatic N) is 1. The van der Waals surface area contributed by atoms with E-state index < -0.39 is 20.0 Å². The minimum atomic E-state index is -4.33. The molecular formula is C39H78N2O6P+. The van der Waals surface area contributed by atoms with Crippen molar-refractivity contribution >= 4 is 13.7 Å². The van der Waals surface area contributed by atoms with Gasteiger partial charge >= 0.3 is 7.82 Å². The number of quaternary nitrogens is 1. The molecule has 3 N–H and O–H groups in total. The molecule has 0 saturated heterocycles. The normalized spacial score (nSPS) is 14.9. The number of hydrogen-bond donors (Lipinski definition) is 3. The second-order valence-electron chi connectivity index (χ2n) is 14.7. The molecule has 1 unspecified atom stereocenters. The van der Waals surface area contributed by atoms with Crippen LogP contribution < -0.4 is 5.32 Å². The number of phosphoric ester groups is 1. The van der Waals surface area contributed by atoms with Crippen LogP contribution in [0.4, 0.5) is 0 Å². The van der Waals surface area contributed by atoms with E-state index in [2.05, 4.69) is 31.3 Å². The summed E-state index contributed by atoms with van der Waals surface area (Å²) < 4.78 is 23.4. The molecule has 0 bridgehead atoms. The highest BCUT2D eigenvalue weighted by atomic mass is 31.2. The summed E-state index contributed by atoms with van der Waals surface area (Å²) in [5.41, 5.74) is 0. The van der Waals surface area contributed by atoms with Gasteiger partial charge in [0.2, 0.25) is 5.91 Å². The molecule has 0 heterocycles. The average molecular weight is 702 g/mol. The maximum Gasteiger partial charge on any atom is 0.472 e. The summed E-state index contributed by atoms with van der Waals surface area (Å²) in [6.45, 7) is 4.76. The first kappa shape index (κ1) is 47.0. The van der Waals surface area contributed by atoms with Crippen molar-refractivity contribution in [2.24, 2.45) is 0 Å². The van der Waals surface area contributed by atoms with Crippen LogP contribution in [-0.2, 0) is 18.4 Å². The molecule has 1 amide bonds. The van der Waals surface area contributed by atoms with Gasteiger partial charge in [-0.25, -0.2) is 4.57 Å². The Morgan fingerprint density at radius 3 is 1.67 bits per heavy atom. The quantitative estimate of drug-likeness (QED) is 0.0263. The molecule has 0 aromatic rings. The largest absolute Gasteiger partial charge is 0.472 e. The first-order valence-electron chi connectivity index (χ1n) is 19.7. The van der Waals surface area contributed by atoms with Crippen LogP contribution in [0.5, 0.6) is 0 Å². The van der Waals surface area contributed by atoms with Gasteiger partial charge in [0.25, 0.3) is 0 Å². The number of aliphatic hydroxyl groups excluding tert-OH is 1. The zero-order valence-electron chi connectivity index (χ0n) is 32.0. The van der Waals surface area contributed by atoms with Crippen molar-refractivity contribution in [3.8, 4) is 0 Å². The predicted molar refractivity (Wildman–Crippen MR) is 203 cm³/mol. The second-order valence-corrected chi connectivity index (χ2v) is 16.1. The standard InChI is InChI=1S/C39H77N2O6P/c1-6-8-10-12-14-16-18-19-20-21-22-23-24-26-28-30-32-38(42)37(36-47-48(44,45)46-35-34-41(3,4)5)40-39(43)33-31-29-27-25-17-15-13-11-9-7-2/h23-24,30,32,37-38,42H,6-22,25-29,31,33-36H2,1-5H3,(H-,40,43,44,45)/p+1/b24-23+,32-30+/t37-,38+/m1/s1. The van der Waals surface area contributed by atoms with Crippen molar-refractivity contribution in [2.45, 2.75) is 180 Å². The van der Waals surface area contributed by atoms with Crippen molar-refractivity contribution in [3.63, 3.8) is 0 Å². The van der Waals surface area contributed by atoms with Gasteiger partial charge in [-0.05, 0) is 32.1 Å². The highest BCUT2D eigenvalue weighted by molar-refractivity contribution is 7.47. The Kier molecular flexibility index (Phi) is 31.2. The second kappa shape index (κ2) is 31.9. The Morgan fingerprint density at radius 1 is 0.688 bits per heavy atom. The molecule has 3 atom stereocenters. The molecule has 0 rings (SSSR count). The van der Waals surface area contributed by atoms with Gasteiger partial charge in [-0.2, -0.15) is 0 Å². The number of carbonyl (C=O) groups excluding carboxylic acids is 1. The number of unbranched alkanes of at least 4 members (excludes halogenated alkanes) is 20. The summed E-state index contributed by atoms with van der Waals surface area (Å²) in [4.78, 5) is 22.9. The van der Waals surface area contributed by atoms with Gasteiger partial charge in [0.05, 0.1) is 39.9 Å². The summed E-state index contributed by atoms with van der Waals surface area (Å²) in [6.07, 6.45) is 35.3. The Morgan fingerprint density at radius 2 is 1.15 bits per heavy atom. The van der Waals surface area contributed by atoms with Gasteiger partial charge in [-0.3, -0.25) is 13.8 Å². The zero-order valence-corrected chi connectivity index (χ0v) is 32.9. The Bertz CT molecular complexity index is 845. The number of amides is 1. The molecule has 0 radical (unpaired) electrons. The van der Waals surface area contributed by atoms with E-state index in [4.69, 9.17) is 9.05 Å². The lowest BCUT2D eigenvalue weighted by Crippen LogP contribution is -2.45. The van der Waals surface area contributed by atoms with E-state index in [1.165, 1.54) is 109 Å². The van der Waals surface area contributed by atoms with Crippen LogP contribution in [0.1, 0.15) is 168 Å². The van der Waals surface area contributed by atoms with Gasteiger partial charge in [-0.1, -0.05) is 154 Å². The van der Waals surface area contributed by atoms with Crippen LogP contribution in [0.2, 0.25) is 0 Å². The van der Waals surface area contributed by atoms with Crippen LogP contribution in [0, 0.1) is 0 Å². The molecule has 284 valence electrons. The molecule has 0 aliphatic rings. The van der Waals surface area contributed by atoms with E-state index >= 15 is 0 Å². The average Bonchev–Trinajstić information content (AvgIpc) is 3.02. The third kappa shape index (κ3) is 33.5. The van der Waals surface area contributed by atoms with Gasteiger partial charge in [0.15, 0.2) is 0 Å². The molecule has 0 saturated carbocycles. The van der Waals surface area contributed by atoms with E-state index in [0.29, 0.717) is 17.4 Å². The van der Waals surface area contributed by atoms with Crippen molar-refractivity contribution < 1.29 is 32.9 Å². The fourth-order valence-corrected chi connectivity index (χ4v) is 6.20. The van der Waals surface area contributed by atoms with Crippen molar-refractivity contribution in [1.29, 1.82) is 0 Å². The van der Waals surface area contributed by atoms with E-state index in [1.54, 1.807) is 6.08 Å². The lowest BCUT2D eigenvalue weighted by Gasteiger charge is -2.25. The monoisotopic (exact) mass is 702 g/mol. The van der Waals surface area contributed by atoms with Crippen molar-refractivity contribution in [2.75, 3.05) is 40.9 Å². The Balaban J connectivity index is 4.55. The number of aliphatic hydroxyl groups is 1. The Hall–Kier alpha value is -1.02. The first-order chi connectivity index (χ1) is 23.0. The first-order valence-corrected chi connectivity index (χ1v) is 21.2. The molecule has 0 fully saturated rings. The third-order valence-electron chi connectivity index (χ3n) is 8.67. The van der Waals surface area contributed by atoms with Crippen molar-refractivity contribution in [1.82, 2.24) is 5.32 Å². The van der Waals surface area contributed by atoms with Crippen LogP contribution in [-0.4, -0.2) is 73.4 Å². The zero-order chi connectivity index (χ0) is 35.8. The topological polar surface area (TPSA) is 105 Å². The molecule has 0 aliphatic carbocycles. The highest BCUT2D eigenvalue weighted by Gasteiger charge is 2.27. The summed E-state index contributed by atoms with van der Waals surface area (Å²) in [7, 11) is 1.56. The fraction of sp³-hybridized carbons (Fsp3) is 0.872. The molecule has 0 aromatic carbocycles. The molecule has 8 nitrogen and oxygen atoms in total. The molecule has 0 aliphatic heterocycles. The van der Waals surface area contributed by atoms with E-state index in [1.807, 2.05) is 27.2 Å². The number of carbonyl (C=O) groups is 1. The van der Waals surface area contributed by atoms with E-state index in [9.17, 15) is 19.4 Å². The number of hydrogen-bond acceptors (Lipinski definition) is 5. The fourth-order valence-electron chi connectivity index (χ4n) is 5.47. The lowest BCUT2D eigenvalue weighted by atomic mass is 10.1. The summed E-state index contributed by atoms with van der Waals surface area (Å²) in [5.74, 6) is -0.191. The van der Waals surface area contributed by atoms with Gasteiger partial charge in [0.1, 0.15) is 13.2 Å². The summed E-state index contributed by atoms with van der Waals surface area (Å²) in [6, 6.07) is -0.855. The molecule has 9 heteroatoms. The summed E-state index contributed by atoms with van der Waals surface area (Å²) >= 11 is 0. The highest BCUT2D eigenvalue weighted by Crippen LogP contribution is 2.43. The van der Waals surface area contributed by atoms with Crippen molar-refractivity contribution in [3.05, 3.63) is 24.3 Å². The number of rotatable bonds is 35. The van der Waals surface area contributed by atoms with E-state index in [-0.39, 0.29) is 19.1 Å². The number of nitrogens with one attached hydrogen (secondary N) is 1. The van der Waals surface area contributed by atoms with Gasteiger partial charge in [-0.15, -0.1) is 0 Å². The Labute approximate surface area is 296 Å². The molecule has 0 spiro atoms. The number of allylic oxidation sites excluding steroid dienone is 3. The minimum absolute atomic E-state index is 0.0577. The minimum Gasteiger partial charge on any atom is -0.387 e. The van der Waals surface area contributed by atoms with Crippen LogP contribution in [0.3, 0.4) is 0 Å². The maximum atomic E-state index is 12.7. The third-order valence-corrected chi connectivity index (χ3v) is 9.66. The molecule has 0 aromatic heterocycles. The predicted octanol–water partition coefficient (Wildman–Crippen LogP) is 10.2. The van der Waals surface area contributed by atoms with Crippen LogP contribution in [0.25, 0.3) is 0 Å². The molecule has 48 heavy (non-hydrogen) atoms. The number of likely N-dealkylation sites (N-methyl/N-ethyl adjacent to an activating group) is 1. The lowest BCUT2D eigenvalue weighted by molar-refractivity contribution is -0.870. The number of phosphoric acid groups is 1. The van der Waals surface area contributed by atoms with Crippen LogP contribution >= 0.6 is 7.82 Å². The van der Waals surface area contributed by atoms with E-state index in [0.717, 1.165) is 38.5 Å². The molecular weight excluding hydrogens is 623 g/mol.